The van der Waals surface area contributed by atoms with E-state index in [4.69, 9.17) is 11.6 Å². The van der Waals surface area contributed by atoms with E-state index in [1.165, 1.54) is 18.9 Å². The zero-order chi connectivity index (χ0) is 15.4. The Bertz CT molecular complexity index is 602. The summed E-state index contributed by atoms with van der Waals surface area (Å²) in [6.07, 6.45) is 3.60. The van der Waals surface area contributed by atoms with Crippen molar-refractivity contribution in [2.24, 2.45) is 16.7 Å². The number of benzene rings is 1. The third-order valence-corrected chi connectivity index (χ3v) is 6.61. The zero-order valence-electron chi connectivity index (χ0n) is 12.6. The van der Waals surface area contributed by atoms with Crippen molar-refractivity contribution < 1.29 is 4.92 Å². The van der Waals surface area contributed by atoms with Crippen molar-refractivity contribution in [3.63, 3.8) is 0 Å². The second kappa shape index (κ2) is 4.60. The van der Waals surface area contributed by atoms with Crippen LogP contribution in [0.4, 0.5) is 11.4 Å². The molecule has 2 fully saturated rings. The lowest BCUT2D eigenvalue weighted by Gasteiger charge is -2.40. The molecule has 1 aromatic rings. The summed E-state index contributed by atoms with van der Waals surface area (Å²) in [5.41, 5.74) is 1.28. The van der Waals surface area contributed by atoms with Gasteiger partial charge in [0, 0.05) is 18.2 Å². The van der Waals surface area contributed by atoms with Crippen LogP contribution in [0.25, 0.3) is 0 Å². The molecule has 2 saturated carbocycles. The van der Waals surface area contributed by atoms with Crippen molar-refractivity contribution in [3.05, 3.63) is 33.3 Å². The van der Waals surface area contributed by atoms with Crippen LogP contribution in [0.15, 0.2) is 18.2 Å². The van der Waals surface area contributed by atoms with Crippen LogP contribution >= 0.6 is 11.6 Å². The van der Waals surface area contributed by atoms with Crippen molar-refractivity contribution in [1.29, 1.82) is 0 Å². The van der Waals surface area contributed by atoms with Crippen LogP contribution in [-0.2, 0) is 0 Å². The fourth-order valence-electron chi connectivity index (χ4n) is 4.35. The van der Waals surface area contributed by atoms with Crippen LogP contribution in [-0.4, -0.2) is 11.0 Å². The first kappa shape index (κ1) is 14.6. The van der Waals surface area contributed by atoms with E-state index >= 15 is 0 Å². The lowest BCUT2D eigenvalue weighted by molar-refractivity contribution is -0.384. The smallest absolute Gasteiger partial charge is 0.271 e. The molecule has 2 aliphatic carbocycles. The Kier molecular flexibility index (Phi) is 3.21. The van der Waals surface area contributed by atoms with E-state index in [1.54, 1.807) is 12.1 Å². The minimum absolute atomic E-state index is 0.0782. The Balaban J connectivity index is 1.89. The normalized spacial score (nSPS) is 33.1. The van der Waals surface area contributed by atoms with Crippen molar-refractivity contribution in [2.45, 2.75) is 46.1 Å². The molecule has 0 amide bonds. The first-order chi connectivity index (χ1) is 9.75. The number of hydrogen-bond donors (Lipinski definition) is 1. The van der Waals surface area contributed by atoms with Crippen LogP contribution in [0.3, 0.4) is 0 Å². The predicted molar refractivity (Wildman–Crippen MR) is 84.7 cm³/mol. The molecule has 2 aliphatic rings. The van der Waals surface area contributed by atoms with Crippen molar-refractivity contribution in [1.82, 2.24) is 0 Å². The number of hydrogen-bond acceptors (Lipinski definition) is 3. The molecule has 3 rings (SSSR count). The number of nitrogens with one attached hydrogen (secondary N) is 1. The molecule has 21 heavy (non-hydrogen) atoms. The maximum atomic E-state index is 10.9. The van der Waals surface area contributed by atoms with Gasteiger partial charge in [-0.3, -0.25) is 10.1 Å². The van der Waals surface area contributed by atoms with Gasteiger partial charge in [0.15, 0.2) is 0 Å². The molecule has 0 saturated heterocycles. The molecular weight excluding hydrogens is 288 g/mol. The van der Waals surface area contributed by atoms with Crippen molar-refractivity contribution >= 4 is 23.0 Å². The summed E-state index contributed by atoms with van der Waals surface area (Å²) in [6, 6.07) is 4.92. The van der Waals surface area contributed by atoms with Crippen LogP contribution in [0.2, 0.25) is 5.02 Å². The fraction of sp³-hybridized carbons (Fsp3) is 0.625. The summed E-state index contributed by atoms with van der Waals surface area (Å²) in [6.45, 7) is 7.03. The van der Waals surface area contributed by atoms with Gasteiger partial charge in [-0.2, -0.15) is 0 Å². The summed E-state index contributed by atoms with van der Waals surface area (Å²) in [5.74, 6) is 0.720. The molecule has 0 aliphatic heterocycles. The van der Waals surface area contributed by atoms with Crippen LogP contribution in [0.1, 0.15) is 40.0 Å². The van der Waals surface area contributed by atoms with E-state index in [2.05, 4.69) is 26.1 Å². The first-order valence-electron chi connectivity index (χ1n) is 7.46. The highest BCUT2D eigenvalue weighted by Gasteiger charge is 2.61. The molecular formula is C16H21ClN2O2. The molecule has 1 N–H and O–H groups in total. The van der Waals surface area contributed by atoms with Crippen molar-refractivity contribution in [2.75, 3.05) is 5.32 Å². The lowest BCUT2D eigenvalue weighted by Crippen LogP contribution is -2.40. The molecule has 0 aromatic heterocycles. The second-order valence-corrected chi connectivity index (χ2v) is 7.64. The highest BCUT2D eigenvalue weighted by atomic mass is 35.5. The Labute approximate surface area is 130 Å². The average molecular weight is 309 g/mol. The number of anilines is 1. The van der Waals surface area contributed by atoms with Gasteiger partial charge in [-0.05, 0) is 42.1 Å². The Hall–Kier alpha value is -1.29. The second-order valence-electron chi connectivity index (χ2n) is 7.23. The standard InChI is InChI=1S/C16H21ClN2O2/c1-15(2)10-6-7-16(15,3)14(8-10)18-13-9-11(19(20)21)4-5-12(13)17/h4-5,9-10,14,18H,6-8H2,1-3H3. The van der Waals surface area contributed by atoms with Gasteiger partial charge >= 0.3 is 0 Å². The highest BCUT2D eigenvalue weighted by molar-refractivity contribution is 6.33. The van der Waals surface area contributed by atoms with Crippen molar-refractivity contribution in [3.8, 4) is 0 Å². The van der Waals surface area contributed by atoms with E-state index in [-0.39, 0.29) is 16.0 Å². The molecule has 3 atom stereocenters. The largest absolute Gasteiger partial charge is 0.380 e. The van der Waals surface area contributed by atoms with Gasteiger partial charge in [0.25, 0.3) is 5.69 Å². The van der Waals surface area contributed by atoms with Gasteiger partial charge in [0.1, 0.15) is 0 Å². The monoisotopic (exact) mass is 308 g/mol. The molecule has 114 valence electrons. The summed E-state index contributed by atoms with van der Waals surface area (Å²) < 4.78 is 0. The summed E-state index contributed by atoms with van der Waals surface area (Å²) >= 11 is 6.21. The van der Waals surface area contributed by atoms with E-state index in [0.717, 1.165) is 12.3 Å². The Morgan fingerprint density at radius 3 is 2.62 bits per heavy atom. The number of nitro benzene ring substituents is 1. The maximum Gasteiger partial charge on any atom is 0.271 e. The summed E-state index contributed by atoms with van der Waals surface area (Å²) in [7, 11) is 0. The number of fused-ring (bicyclic) bond motifs is 2. The molecule has 2 bridgehead atoms. The van der Waals surface area contributed by atoms with Gasteiger partial charge < -0.3 is 5.32 Å². The van der Waals surface area contributed by atoms with Gasteiger partial charge in [-0.15, -0.1) is 0 Å². The number of non-ortho nitro benzene ring substituents is 1. The maximum absolute atomic E-state index is 10.9. The molecule has 4 nitrogen and oxygen atoms in total. The number of rotatable bonds is 3. The lowest BCUT2D eigenvalue weighted by atomic mass is 9.69. The summed E-state index contributed by atoms with van der Waals surface area (Å²) in [4.78, 5) is 10.5. The summed E-state index contributed by atoms with van der Waals surface area (Å²) in [5, 5.41) is 15.0. The molecule has 5 heteroatoms. The topological polar surface area (TPSA) is 55.2 Å². The number of nitrogens with zero attached hydrogens (tertiary/aromatic N) is 1. The minimum atomic E-state index is -0.381. The molecule has 0 heterocycles. The number of nitro groups is 1. The van der Waals surface area contributed by atoms with Gasteiger partial charge in [-0.1, -0.05) is 32.4 Å². The molecule has 0 radical (unpaired) electrons. The van der Waals surface area contributed by atoms with E-state index in [9.17, 15) is 10.1 Å². The van der Waals surface area contributed by atoms with Gasteiger partial charge in [0.05, 0.1) is 15.6 Å². The minimum Gasteiger partial charge on any atom is -0.380 e. The predicted octanol–water partition coefficient (Wildman–Crippen LogP) is 4.87. The SMILES string of the molecule is CC1(C)C2CCC1(C)C(Nc1cc([N+](=O)[O-])ccc1Cl)C2. The fourth-order valence-corrected chi connectivity index (χ4v) is 4.52. The van der Waals surface area contributed by atoms with E-state index < -0.39 is 0 Å². The van der Waals surface area contributed by atoms with Crippen LogP contribution in [0, 0.1) is 26.9 Å². The third kappa shape index (κ3) is 2.03. The molecule has 0 spiro atoms. The average Bonchev–Trinajstić information content (AvgIpc) is 2.74. The highest BCUT2D eigenvalue weighted by Crippen LogP contribution is 2.66. The Morgan fingerprint density at radius 2 is 2.10 bits per heavy atom. The van der Waals surface area contributed by atoms with Crippen LogP contribution < -0.4 is 5.32 Å². The number of halogens is 1. The van der Waals surface area contributed by atoms with Gasteiger partial charge in [0.2, 0.25) is 0 Å². The first-order valence-corrected chi connectivity index (χ1v) is 7.84. The zero-order valence-corrected chi connectivity index (χ0v) is 13.4. The van der Waals surface area contributed by atoms with Gasteiger partial charge in [-0.25, -0.2) is 0 Å². The van der Waals surface area contributed by atoms with E-state index in [0.29, 0.717) is 22.2 Å². The van der Waals surface area contributed by atoms with E-state index in [1.807, 2.05) is 0 Å². The molecule has 3 unspecified atom stereocenters. The van der Waals surface area contributed by atoms with Crippen LogP contribution in [0.5, 0.6) is 0 Å². The quantitative estimate of drug-likeness (QED) is 0.640. The Morgan fingerprint density at radius 1 is 1.38 bits per heavy atom. The third-order valence-electron chi connectivity index (χ3n) is 6.28. The molecule has 1 aromatic carbocycles.